The van der Waals surface area contributed by atoms with Gasteiger partial charge in [-0.05, 0) is 0 Å². The summed E-state index contributed by atoms with van der Waals surface area (Å²) in [5, 5.41) is 0. The van der Waals surface area contributed by atoms with Gasteiger partial charge in [-0.2, -0.15) is 0 Å². The molecule has 0 aromatic rings. The highest BCUT2D eigenvalue weighted by atomic mass is 14.1. The van der Waals surface area contributed by atoms with E-state index in [-0.39, 0.29) is 0 Å². The van der Waals surface area contributed by atoms with Crippen LogP contribution in [0, 0.1) is 12.0 Å². The van der Waals surface area contributed by atoms with E-state index in [4.69, 9.17) is 0 Å². The van der Waals surface area contributed by atoms with Gasteiger partial charge in [-0.3, -0.25) is 0 Å². The molecule has 32 valence electrons. The predicted molar refractivity (Wildman–Crippen MR) is 26.2 cm³/mol. The summed E-state index contributed by atoms with van der Waals surface area (Å²) >= 11 is 0. The van der Waals surface area contributed by atoms with Gasteiger partial charge in [0.15, 0.2) is 0 Å². The zero-order valence-corrected chi connectivity index (χ0v) is 4.28. The third-order valence-corrected chi connectivity index (χ3v) is 1.08. The summed E-state index contributed by atoms with van der Waals surface area (Å²) in [6.45, 7) is 4.41. The van der Waals surface area contributed by atoms with Crippen LogP contribution in [0.4, 0.5) is 0 Å². The number of allylic oxidation sites excluding steroid dienone is 2. The minimum atomic E-state index is 0.769. The first-order valence-corrected chi connectivity index (χ1v) is 2.40. The van der Waals surface area contributed by atoms with Gasteiger partial charge in [0, 0.05) is 5.92 Å². The molecule has 0 bridgehead atoms. The van der Waals surface area contributed by atoms with Crippen LogP contribution < -0.4 is 0 Å². The molecule has 1 rings (SSSR count). The van der Waals surface area contributed by atoms with Crippen LogP contribution in [0.25, 0.3) is 0 Å². The van der Waals surface area contributed by atoms with Crippen LogP contribution in [0.5, 0.6) is 0 Å². The van der Waals surface area contributed by atoms with Crippen LogP contribution >= 0.6 is 0 Å². The second-order valence-corrected chi connectivity index (χ2v) is 2.03. The molecule has 0 saturated heterocycles. The Labute approximate surface area is 38.9 Å². The van der Waals surface area contributed by atoms with Crippen LogP contribution in [-0.2, 0) is 0 Å². The minimum absolute atomic E-state index is 0.769. The van der Waals surface area contributed by atoms with Crippen molar-refractivity contribution in [2.24, 2.45) is 5.92 Å². The monoisotopic (exact) mass is 81.1 g/mol. The highest BCUT2D eigenvalue weighted by Gasteiger charge is 2.31. The van der Waals surface area contributed by atoms with E-state index in [1.807, 2.05) is 0 Å². The zero-order chi connectivity index (χ0) is 4.57. The van der Waals surface area contributed by atoms with E-state index in [0.29, 0.717) is 0 Å². The normalized spacial score (nSPS) is 16.8. The summed E-state index contributed by atoms with van der Waals surface area (Å²) in [5.41, 5.74) is 1.51. The first kappa shape index (κ1) is 3.83. The molecule has 0 fully saturated rings. The van der Waals surface area contributed by atoms with E-state index in [2.05, 4.69) is 19.9 Å². The van der Waals surface area contributed by atoms with E-state index in [1.54, 1.807) is 0 Å². The van der Waals surface area contributed by atoms with Crippen molar-refractivity contribution in [1.29, 1.82) is 0 Å². The lowest BCUT2D eigenvalue weighted by atomic mass is 10.2. The average Bonchev–Trinajstić information content (AvgIpc) is 2.06. The molecule has 1 aliphatic rings. The molecular formula is C6H9+. The molecule has 0 spiro atoms. The largest absolute Gasteiger partial charge is 0.237 e. The molecule has 0 saturated carbocycles. The molecule has 0 heteroatoms. The molecule has 0 aromatic carbocycles. The average molecular weight is 81.1 g/mol. The molecule has 1 aliphatic carbocycles. The minimum Gasteiger partial charge on any atom is -0.0544 e. The van der Waals surface area contributed by atoms with E-state index < -0.39 is 0 Å². The smallest absolute Gasteiger partial charge is 0.0544 e. The number of hydrogen-bond donors (Lipinski definition) is 0. The van der Waals surface area contributed by atoms with Crippen LogP contribution in [0.1, 0.15) is 20.3 Å². The molecule has 0 N–H and O–H groups in total. The van der Waals surface area contributed by atoms with E-state index in [0.717, 1.165) is 12.3 Å². The lowest BCUT2D eigenvalue weighted by Gasteiger charge is -1.79. The second kappa shape index (κ2) is 1.06. The first-order chi connectivity index (χ1) is 2.80. The zero-order valence-electron chi connectivity index (χ0n) is 4.28. The Kier molecular flexibility index (Phi) is 0.675. The van der Waals surface area contributed by atoms with E-state index >= 15 is 0 Å². The predicted octanol–water partition coefficient (Wildman–Crippen LogP) is 1.78. The van der Waals surface area contributed by atoms with E-state index in [1.165, 1.54) is 5.57 Å². The maximum atomic E-state index is 3.15. The lowest BCUT2D eigenvalue weighted by Crippen LogP contribution is -1.77. The van der Waals surface area contributed by atoms with Crippen LogP contribution in [0.15, 0.2) is 5.57 Å². The first-order valence-electron chi connectivity index (χ1n) is 2.40. The van der Waals surface area contributed by atoms with Gasteiger partial charge in [0.25, 0.3) is 0 Å². The van der Waals surface area contributed by atoms with Crippen LogP contribution in [-0.4, -0.2) is 0 Å². The van der Waals surface area contributed by atoms with E-state index in [9.17, 15) is 0 Å². The summed E-state index contributed by atoms with van der Waals surface area (Å²) in [6, 6.07) is 0. The van der Waals surface area contributed by atoms with Crippen molar-refractivity contribution in [3.8, 4) is 0 Å². The number of rotatable bonds is 1. The molecule has 0 amide bonds. The molecule has 0 nitrogen and oxygen atoms in total. The highest BCUT2D eigenvalue weighted by molar-refractivity contribution is 5.16. The van der Waals surface area contributed by atoms with Crippen molar-refractivity contribution in [3.63, 3.8) is 0 Å². The molecule has 0 aliphatic heterocycles. The van der Waals surface area contributed by atoms with Crippen molar-refractivity contribution in [1.82, 2.24) is 0 Å². The van der Waals surface area contributed by atoms with Gasteiger partial charge in [-0.25, -0.2) is 0 Å². The summed E-state index contributed by atoms with van der Waals surface area (Å²) in [7, 11) is 0. The summed E-state index contributed by atoms with van der Waals surface area (Å²) in [5.74, 6) is 0.769. The maximum Gasteiger partial charge on any atom is 0.237 e. The fourth-order valence-corrected chi connectivity index (χ4v) is 0.459. The standard InChI is InChI=1S/C6H9/c1-5(2)6-3-4-6/h5H,3H2,1-2H3/q+1. The maximum absolute atomic E-state index is 3.15. The molecular weight excluding hydrogens is 72.1 g/mol. The van der Waals surface area contributed by atoms with Crippen molar-refractivity contribution in [2.45, 2.75) is 20.3 Å². The van der Waals surface area contributed by atoms with Gasteiger partial charge >= 0.3 is 0 Å². The summed E-state index contributed by atoms with van der Waals surface area (Å²) in [4.78, 5) is 0. The third kappa shape index (κ3) is 0.580. The SMILES string of the molecule is CC(C)C1=[C+]C1. The van der Waals surface area contributed by atoms with Crippen molar-refractivity contribution in [3.05, 3.63) is 11.6 Å². The fourth-order valence-electron chi connectivity index (χ4n) is 0.459. The quantitative estimate of drug-likeness (QED) is 0.422. The summed E-state index contributed by atoms with van der Waals surface area (Å²) in [6.07, 6.45) is 4.31. The van der Waals surface area contributed by atoms with Gasteiger partial charge in [0.2, 0.25) is 18.1 Å². The third-order valence-electron chi connectivity index (χ3n) is 1.08. The summed E-state index contributed by atoms with van der Waals surface area (Å²) < 4.78 is 0. The Balaban J connectivity index is 2.31. The Hall–Kier alpha value is -0.350. The molecule has 6 heavy (non-hydrogen) atoms. The van der Waals surface area contributed by atoms with Crippen LogP contribution in [0.3, 0.4) is 0 Å². The Morgan fingerprint density at radius 1 is 1.67 bits per heavy atom. The van der Waals surface area contributed by atoms with Gasteiger partial charge in [0.1, 0.15) is 0 Å². The fraction of sp³-hybridized carbons (Fsp3) is 0.667. The van der Waals surface area contributed by atoms with Gasteiger partial charge in [0.05, 0.1) is 0 Å². The second-order valence-electron chi connectivity index (χ2n) is 2.03. The molecule has 0 atom stereocenters. The van der Waals surface area contributed by atoms with Crippen molar-refractivity contribution in [2.75, 3.05) is 0 Å². The number of hydrogen-bond acceptors (Lipinski definition) is 0. The molecule has 0 radical (unpaired) electrons. The van der Waals surface area contributed by atoms with Crippen LogP contribution in [0.2, 0.25) is 0 Å². The highest BCUT2D eigenvalue weighted by Crippen LogP contribution is 2.24. The molecule has 0 aromatic heterocycles. The Morgan fingerprint density at radius 3 is 2.17 bits per heavy atom. The lowest BCUT2D eigenvalue weighted by molar-refractivity contribution is 0.794. The van der Waals surface area contributed by atoms with Gasteiger partial charge in [-0.1, -0.05) is 13.8 Å². The molecule has 0 heterocycles. The van der Waals surface area contributed by atoms with Crippen molar-refractivity contribution >= 4 is 0 Å². The Bertz CT molecular complexity index is 78.0. The van der Waals surface area contributed by atoms with Gasteiger partial charge in [-0.15, -0.1) is 0 Å². The Morgan fingerprint density at radius 2 is 2.17 bits per heavy atom. The molecule has 0 unspecified atom stereocenters. The topological polar surface area (TPSA) is 0 Å². The van der Waals surface area contributed by atoms with Gasteiger partial charge < -0.3 is 0 Å². The van der Waals surface area contributed by atoms with Crippen molar-refractivity contribution < 1.29 is 0 Å².